The van der Waals surface area contributed by atoms with Crippen LogP contribution in [0.5, 0.6) is 0 Å². The Morgan fingerprint density at radius 1 is 0.710 bits per heavy atom. The number of carbonyl (C=O) groups excluding carboxylic acids is 1. The summed E-state index contributed by atoms with van der Waals surface area (Å²) in [6.07, 6.45) is 17.5. The highest BCUT2D eigenvalue weighted by molar-refractivity contribution is 5.86. The molecule has 0 bridgehead atoms. The molecule has 2 aromatic carbocycles. The molecular formula is C30H44O. The van der Waals surface area contributed by atoms with Gasteiger partial charge < -0.3 is 0 Å². The van der Waals surface area contributed by atoms with Crippen LogP contribution in [-0.4, -0.2) is 5.78 Å². The van der Waals surface area contributed by atoms with Crippen molar-refractivity contribution in [1.82, 2.24) is 0 Å². The molecule has 1 nitrogen and oxygen atoms in total. The van der Waals surface area contributed by atoms with Crippen molar-refractivity contribution in [3.63, 3.8) is 0 Å². The first-order valence-electron chi connectivity index (χ1n) is 12.8. The van der Waals surface area contributed by atoms with Gasteiger partial charge in [-0.05, 0) is 30.9 Å². The van der Waals surface area contributed by atoms with Gasteiger partial charge in [0, 0.05) is 12.3 Å². The summed E-state index contributed by atoms with van der Waals surface area (Å²) in [5.41, 5.74) is 3.68. The van der Waals surface area contributed by atoms with Crippen molar-refractivity contribution >= 4 is 5.78 Å². The molecule has 1 unspecified atom stereocenters. The zero-order chi connectivity index (χ0) is 22.2. The number of hydrogen-bond donors (Lipinski definition) is 0. The van der Waals surface area contributed by atoms with Gasteiger partial charge in [-0.1, -0.05) is 138 Å². The van der Waals surface area contributed by atoms with E-state index in [1.165, 1.54) is 81.8 Å². The van der Waals surface area contributed by atoms with Gasteiger partial charge in [-0.15, -0.1) is 0 Å². The van der Waals surface area contributed by atoms with Crippen LogP contribution in [0, 0.1) is 6.92 Å². The van der Waals surface area contributed by atoms with Crippen molar-refractivity contribution < 1.29 is 4.79 Å². The average molecular weight is 421 g/mol. The Labute approximate surface area is 191 Å². The molecule has 0 spiro atoms. The van der Waals surface area contributed by atoms with E-state index in [1.807, 2.05) is 6.07 Å². The summed E-state index contributed by atoms with van der Waals surface area (Å²) in [6, 6.07) is 18.9. The Bertz CT molecular complexity index is 718. The van der Waals surface area contributed by atoms with Gasteiger partial charge in [-0.2, -0.15) is 0 Å². The van der Waals surface area contributed by atoms with Crippen molar-refractivity contribution in [3.05, 3.63) is 71.3 Å². The molecule has 1 heteroatoms. The third-order valence-electron chi connectivity index (χ3n) is 6.39. The highest BCUT2D eigenvalue weighted by Gasteiger charge is 2.20. The van der Waals surface area contributed by atoms with Gasteiger partial charge in [-0.25, -0.2) is 0 Å². The van der Waals surface area contributed by atoms with Gasteiger partial charge in [0.05, 0.1) is 0 Å². The van der Waals surface area contributed by atoms with E-state index in [0.717, 1.165) is 18.4 Å². The molecule has 0 heterocycles. The summed E-state index contributed by atoms with van der Waals surface area (Å²) in [5, 5.41) is 0. The number of hydrogen-bond acceptors (Lipinski definition) is 1. The quantitative estimate of drug-likeness (QED) is 0.233. The van der Waals surface area contributed by atoms with E-state index in [2.05, 4.69) is 62.4 Å². The minimum atomic E-state index is -0.0179. The molecule has 0 saturated heterocycles. The third-order valence-corrected chi connectivity index (χ3v) is 6.39. The van der Waals surface area contributed by atoms with E-state index in [0.29, 0.717) is 12.2 Å². The lowest BCUT2D eigenvalue weighted by Crippen LogP contribution is -2.15. The fourth-order valence-electron chi connectivity index (χ4n) is 4.49. The Hall–Kier alpha value is -1.89. The van der Waals surface area contributed by atoms with Crippen LogP contribution in [0.3, 0.4) is 0 Å². The zero-order valence-electron chi connectivity index (χ0n) is 20.1. The van der Waals surface area contributed by atoms with E-state index < -0.39 is 0 Å². The van der Waals surface area contributed by atoms with E-state index in [9.17, 15) is 4.79 Å². The van der Waals surface area contributed by atoms with Crippen molar-refractivity contribution in [2.45, 2.75) is 110 Å². The Morgan fingerprint density at radius 2 is 1.29 bits per heavy atom. The number of benzene rings is 2. The van der Waals surface area contributed by atoms with E-state index in [4.69, 9.17) is 0 Å². The largest absolute Gasteiger partial charge is 0.299 e. The van der Waals surface area contributed by atoms with Crippen LogP contribution in [0.1, 0.15) is 113 Å². The number of carbonyl (C=O) groups is 1. The fourth-order valence-corrected chi connectivity index (χ4v) is 4.49. The van der Waals surface area contributed by atoms with Gasteiger partial charge in [0.2, 0.25) is 0 Å². The van der Waals surface area contributed by atoms with Gasteiger partial charge in [0.1, 0.15) is 5.78 Å². The lowest BCUT2D eigenvalue weighted by molar-refractivity contribution is -0.120. The first-order valence-corrected chi connectivity index (χ1v) is 12.8. The number of Topliss-reactive ketones (excluding diaryl/α,β-unsaturated/α-hetero) is 1. The summed E-state index contributed by atoms with van der Waals surface area (Å²) in [6.45, 7) is 4.40. The molecule has 0 aromatic heterocycles. The van der Waals surface area contributed by atoms with Crippen molar-refractivity contribution in [2.75, 3.05) is 0 Å². The summed E-state index contributed by atoms with van der Waals surface area (Å²) < 4.78 is 0. The summed E-state index contributed by atoms with van der Waals surface area (Å²) in [5.74, 6) is 0.385. The summed E-state index contributed by atoms with van der Waals surface area (Å²) in [7, 11) is 0. The van der Waals surface area contributed by atoms with Crippen molar-refractivity contribution in [3.8, 4) is 0 Å². The Balaban J connectivity index is 1.67. The molecule has 2 aromatic rings. The molecule has 0 fully saturated rings. The SMILES string of the molecule is CCCCCCCCCCCCCCC(=O)C(Cc1cccc(C)c1)c1ccccc1. The van der Waals surface area contributed by atoms with Gasteiger partial charge in [0.15, 0.2) is 0 Å². The highest BCUT2D eigenvalue weighted by atomic mass is 16.1. The first kappa shape index (κ1) is 25.4. The second-order valence-corrected chi connectivity index (χ2v) is 9.26. The number of unbranched alkanes of at least 4 members (excludes halogenated alkanes) is 11. The van der Waals surface area contributed by atoms with Crippen LogP contribution in [0.25, 0.3) is 0 Å². The molecule has 0 saturated carbocycles. The molecule has 1 atom stereocenters. The second kappa shape index (κ2) is 15.8. The summed E-state index contributed by atoms with van der Waals surface area (Å²) in [4.78, 5) is 13.1. The number of aryl methyl sites for hydroxylation is 1. The minimum absolute atomic E-state index is 0.0179. The maximum absolute atomic E-state index is 13.1. The molecule has 0 aliphatic rings. The van der Waals surface area contributed by atoms with Crippen molar-refractivity contribution in [2.24, 2.45) is 0 Å². The molecule has 0 N–H and O–H groups in total. The molecule has 0 aliphatic heterocycles. The second-order valence-electron chi connectivity index (χ2n) is 9.26. The monoisotopic (exact) mass is 420 g/mol. The smallest absolute Gasteiger partial charge is 0.140 e. The Morgan fingerprint density at radius 3 is 1.87 bits per heavy atom. The van der Waals surface area contributed by atoms with Gasteiger partial charge in [0.25, 0.3) is 0 Å². The zero-order valence-corrected chi connectivity index (χ0v) is 20.1. The molecule has 0 radical (unpaired) electrons. The number of rotatable bonds is 17. The topological polar surface area (TPSA) is 17.1 Å². The first-order chi connectivity index (χ1) is 15.2. The van der Waals surface area contributed by atoms with Gasteiger partial charge >= 0.3 is 0 Å². The van der Waals surface area contributed by atoms with Gasteiger partial charge in [-0.3, -0.25) is 4.79 Å². The molecule has 0 amide bonds. The number of ketones is 1. The molecule has 170 valence electrons. The van der Waals surface area contributed by atoms with E-state index in [1.54, 1.807) is 0 Å². The van der Waals surface area contributed by atoms with E-state index in [-0.39, 0.29) is 5.92 Å². The lowest BCUT2D eigenvalue weighted by atomic mass is 9.86. The van der Waals surface area contributed by atoms with Crippen LogP contribution in [0.2, 0.25) is 0 Å². The normalized spacial score (nSPS) is 12.1. The standard InChI is InChI=1S/C30H44O/c1-3-4-5-6-7-8-9-10-11-12-13-17-23-30(31)29(28-21-15-14-16-22-28)25-27-20-18-19-26(2)24-27/h14-16,18-22,24,29H,3-13,17,23,25H2,1-2H3. The third kappa shape index (κ3) is 10.8. The molecule has 2 rings (SSSR count). The highest BCUT2D eigenvalue weighted by Crippen LogP contribution is 2.25. The minimum Gasteiger partial charge on any atom is -0.299 e. The summed E-state index contributed by atoms with van der Waals surface area (Å²) >= 11 is 0. The maximum atomic E-state index is 13.1. The maximum Gasteiger partial charge on any atom is 0.140 e. The van der Waals surface area contributed by atoms with Crippen LogP contribution < -0.4 is 0 Å². The molecule has 31 heavy (non-hydrogen) atoms. The van der Waals surface area contributed by atoms with Crippen LogP contribution in [0.4, 0.5) is 0 Å². The average Bonchev–Trinajstić information content (AvgIpc) is 2.78. The Kier molecular flexibility index (Phi) is 13.0. The predicted octanol–water partition coefficient (Wildman–Crippen LogP) is 8.98. The predicted molar refractivity (Wildman–Crippen MR) is 135 cm³/mol. The molecule has 0 aliphatic carbocycles. The van der Waals surface area contributed by atoms with E-state index >= 15 is 0 Å². The lowest BCUT2D eigenvalue weighted by Gasteiger charge is -2.17. The van der Waals surface area contributed by atoms with Crippen molar-refractivity contribution in [1.29, 1.82) is 0 Å². The van der Waals surface area contributed by atoms with Crippen LogP contribution >= 0.6 is 0 Å². The fraction of sp³-hybridized carbons (Fsp3) is 0.567. The van der Waals surface area contributed by atoms with Crippen LogP contribution in [-0.2, 0) is 11.2 Å². The molecular weight excluding hydrogens is 376 g/mol. The van der Waals surface area contributed by atoms with Crippen LogP contribution in [0.15, 0.2) is 54.6 Å².